The van der Waals surface area contributed by atoms with E-state index < -0.39 is 0 Å². The highest BCUT2D eigenvalue weighted by atomic mass is 127. The van der Waals surface area contributed by atoms with Gasteiger partial charge in [0.2, 0.25) is 5.89 Å². The summed E-state index contributed by atoms with van der Waals surface area (Å²) in [6, 6.07) is 0.231. The first kappa shape index (κ1) is 23.4. The van der Waals surface area contributed by atoms with Crippen LogP contribution in [0, 0.1) is 0 Å². The maximum Gasteiger partial charge on any atom is 0.409 e. The zero-order valence-electron chi connectivity index (χ0n) is 16.3. The first-order valence-corrected chi connectivity index (χ1v) is 9.30. The molecule has 0 atom stereocenters. The number of hydrogen-bond acceptors (Lipinski definition) is 6. The monoisotopic (exact) mass is 494 g/mol. The van der Waals surface area contributed by atoms with Gasteiger partial charge in [-0.3, -0.25) is 4.99 Å². The Bertz CT molecular complexity index is 599. The van der Waals surface area contributed by atoms with Crippen molar-refractivity contribution in [1.82, 2.24) is 20.4 Å². The average molecular weight is 494 g/mol. The SMILES string of the molecule is CCOC(=O)N1CCC(NC(N)=NCCCc2nc(C(C)C)no2)CC1.I. The second-order valence-electron chi connectivity index (χ2n) is 6.68. The number of carbonyl (C=O) groups is 1. The number of carbonyl (C=O) groups excluding carboxylic acids is 1. The van der Waals surface area contributed by atoms with Crippen LogP contribution in [0.1, 0.15) is 57.7 Å². The molecule has 1 saturated heterocycles. The van der Waals surface area contributed by atoms with Crippen LogP contribution in [0.2, 0.25) is 0 Å². The number of guanidine groups is 1. The normalized spacial score (nSPS) is 15.6. The van der Waals surface area contributed by atoms with E-state index in [9.17, 15) is 4.79 Å². The molecule has 3 N–H and O–H groups in total. The predicted molar refractivity (Wildman–Crippen MR) is 113 cm³/mol. The van der Waals surface area contributed by atoms with Crippen LogP contribution in [0.5, 0.6) is 0 Å². The zero-order chi connectivity index (χ0) is 18.9. The van der Waals surface area contributed by atoms with E-state index in [1.54, 1.807) is 4.90 Å². The molecule has 1 amide bonds. The molecule has 0 radical (unpaired) electrons. The van der Waals surface area contributed by atoms with Crippen LogP contribution < -0.4 is 11.1 Å². The molecule has 0 bridgehead atoms. The number of nitrogens with two attached hydrogens (primary N) is 1. The molecule has 2 heterocycles. The summed E-state index contributed by atoms with van der Waals surface area (Å²) in [6.45, 7) is 8.20. The van der Waals surface area contributed by atoms with Gasteiger partial charge in [0.1, 0.15) is 0 Å². The average Bonchev–Trinajstić information content (AvgIpc) is 3.09. The van der Waals surface area contributed by atoms with E-state index in [1.165, 1.54) is 0 Å². The number of nitrogens with zero attached hydrogens (tertiary/aromatic N) is 4. The lowest BCUT2D eigenvalue weighted by molar-refractivity contribution is 0.0963. The van der Waals surface area contributed by atoms with Gasteiger partial charge < -0.3 is 25.2 Å². The highest BCUT2D eigenvalue weighted by Gasteiger charge is 2.23. The Hall–Kier alpha value is -1.59. The number of halogens is 1. The van der Waals surface area contributed by atoms with Gasteiger partial charge in [-0.1, -0.05) is 19.0 Å². The van der Waals surface area contributed by atoms with Crippen LogP contribution in [0.4, 0.5) is 4.79 Å². The molecule has 0 aromatic carbocycles. The first-order valence-electron chi connectivity index (χ1n) is 9.30. The molecule has 0 aliphatic carbocycles. The molecule has 1 aromatic rings. The molecular formula is C17H31IN6O3. The number of nitrogens with one attached hydrogen (secondary N) is 1. The topological polar surface area (TPSA) is 119 Å². The van der Waals surface area contributed by atoms with E-state index in [1.807, 2.05) is 20.8 Å². The third-order valence-corrected chi connectivity index (χ3v) is 4.20. The van der Waals surface area contributed by atoms with E-state index in [0.717, 1.165) is 25.1 Å². The summed E-state index contributed by atoms with van der Waals surface area (Å²) < 4.78 is 10.2. The van der Waals surface area contributed by atoms with Crippen molar-refractivity contribution in [3.63, 3.8) is 0 Å². The van der Waals surface area contributed by atoms with Crippen molar-refractivity contribution in [2.75, 3.05) is 26.2 Å². The largest absolute Gasteiger partial charge is 0.450 e. The van der Waals surface area contributed by atoms with Gasteiger partial charge in [-0.05, 0) is 26.2 Å². The first-order chi connectivity index (χ1) is 12.5. The number of piperidine rings is 1. The summed E-state index contributed by atoms with van der Waals surface area (Å²) in [5, 5.41) is 7.17. The lowest BCUT2D eigenvalue weighted by Crippen LogP contribution is -2.48. The van der Waals surface area contributed by atoms with Crippen LogP contribution in [-0.2, 0) is 11.2 Å². The fraction of sp³-hybridized carbons (Fsp3) is 0.765. The molecule has 9 nitrogen and oxygen atoms in total. The van der Waals surface area contributed by atoms with Gasteiger partial charge in [0.05, 0.1) is 6.61 Å². The Morgan fingerprint density at radius 3 is 2.74 bits per heavy atom. The van der Waals surface area contributed by atoms with E-state index in [2.05, 4.69) is 20.4 Å². The van der Waals surface area contributed by atoms with Gasteiger partial charge in [-0.25, -0.2) is 4.79 Å². The van der Waals surface area contributed by atoms with Crippen LogP contribution in [0.15, 0.2) is 9.52 Å². The highest BCUT2D eigenvalue weighted by molar-refractivity contribution is 14.0. The van der Waals surface area contributed by atoms with Crippen molar-refractivity contribution in [1.29, 1.82) is 0 Å². The third kappa shape index (κ3) is 7.89. The number of amides is 1. The van der Waals surface area contributed by atoms with E-state index >= 15 is 0 Å². The van der Waals surface area contributed by atoms with Gasteiger partial charge >= 0.3 is 6.09 Å². The second kappa shape index (κ2) is 12.0. The lowest BCUT2D eigenvalue weighted by atomic mass is 10.1. The van der Waals surface area contributed by atoms with Crippen molar-refractivity contribution < 1.29 is 14.1 Å². The van der Waals surface area contributed by atoms with Crippen molar-refractivity contribution in [3.05, 3.63) is 11.7 Å². The minimum Gasteiger partial charge on any atom is -0.450 e. The molecule has 1 aliphatic heterocycles. The van der Waals surface area contributed by atoms with Crippen LogP contribution in [0.3, 0.4) is 0 Å². The van der Waals surface area contributed by atoms with Crippen molar-refractivity contribution >= 4 is 36.0 Å². The number of aryl methyl sites for hydroxylation is 1. The van der Waals surface area contributed by atoms with Gasteiger partial charge in [-0.2, -0.15) is 4.98 Å². The van der Waals surface area contributed by atoms with E-state index in [4.69, 9.17) is 15.0 Å². The number of aliphatic imine (C=N–C) groups is 1. The molecule has 0 saturated carbocycles. The lowest BCUT2D eigenvalue weighted by Gasteiger charge is -2.31. The van der Waals surface area contributed by atoms with Gasteiger partial charge in [0.15, 0.2) is 11.8 Å². The van der Waals surface area contributed by atoms with Crippen LogP contribution in [-0.4, -0.2) is 59.4 Å². The summed E-state index contributed by atoms with van der Waals surface area (Å²) >= 11 is 0. The maximum absolute atomic E-state index is 11.7. The Morgan fingerprint density at radius 2 is 2.15 bits per heavy atom. The summed E-state index contributed by atoms with van der Waals surface area (Å²) in [5.74, 6) is 2.08. The summed E-state index contributed by atoms with van der Waals surface area (Å²) in [6.07, 6.45) is 2.90. The van der Waals surface area contributed by atoms with Crippen molar-refractivity contribution in [2.24, 2.45) is 10.7 Å². The van der Waals surface area contributed by atoms with Gasteiger partial charge in [0.25, 0.3) is 0 Å². The quantitative estimate of drug-likeness (QED) is 0.258. The minimum atomic E-state index is -0.241. The molecule has 10 heteroatoms. The smallest absolute Gasteiger partial charge is 0.409 e. The molecule has 0 spiro atoms. The molecule has 2 rings (SSSR count). The number of rotatable bonds is 7. The van der Waals surface area contributed by atoms with Crippen molar-refractivity contribution in [3.8, 4) is 0 Å². The van der Waals surface area contributed by atoms with Crippen molar-refractivity contribution in [2.45, 2.75) is 58.4 Å². The standard InChI is InChI=1S/C17H30N6O3.HI/c1-4-25-17(24)23-10-7-13(8-11-23)20-16(18)19-9-5-6-14-21-15(12(2)3)22-26-14;/h12-13H,4-11H2,1-3H3,(H3,18,19,20);1H. The molecule has 0 unspecified atom stereocenters. The summed E-state index contributed by atoms with van der Waals surface area (Å²) in [7, 11) is 0. The Morgan fingerprint density at radius 1 is 1.44 bits per heavy atom. The molecule has 1 aromatic heterocycles. The fourth-order valence-corrected chi connectivity index (χ4v) is 2.71. The van der Waals surface area contributed by atoms with Crippen LogP contribution in [0.25, 0.3) is 0 Å². The second-order valence-corrected chi connectivity index (χ2v) is 6.68. The third-order valence-electron chi connectivity index (χ3n) is 4.20. The number of ether oxygens (including phenoxy) is 1. The Balaban J connectivity index is 0.00000364. The maximum atomic E-state index is 11.7. The van der Waals surface area contributed by atoms with Crippen LogP contribution >= 0.6 is 24.0 Å². The minimum absolute atomic E-state index is 0. The highest BCUT2D eigenvalue weighted by Crippen LogP contribution is 2.12. The molecular weight excluding hydrogens is 463 g/mol. The zero-order valence-corrected chi connectivity index (χ0v) is 18.6. The predicted octanol–water partition coefficient (Wildman–Crippen LogP) is 2.27. The molecule has 27 heavy (non-hydrogen) atoms. The number of aromatic nitrogens is 2. The number of likely N-dealkylation sites (tertiary alicyclic amines) is 1. The Labute approximate surface area is 177 Å². The summed E-state index contributed by atoms with van der Waals surface area (Å²) in [5.41, 5.74) is 5.95. The summed E-state index contributed by atoms with van der Waals surface area (Å²) in [4.78, 5) is 22.1. The fourth-order valence-electron chi connectivity index (χ4n) is 2.71. The van der Waals surface area contributed by atoms with E-state index in [-0.39, 0.29) is 42.0 Å². The number of hydrogen-bond donors (Lipinski definition) is 2. The molecule has 154 valence electrons. The molecule has 1 aliphatic rings. The molecule has 1 fully saturated rings. The Kier molecular flexibility index (Phi) is 10.4. The van der Waals surface area contributed by atoms with Gasteiger partial charge in [0, 0.05) is 38.0 Å². The van der Waals surface area contributed by atoms with E-state index in [0.29, 0.717) is 44.5 Å². The van der Waals surface area contributed by atoms with Gasteiger partial charge in [-0.15, -0.1) is 24.0 Å².